The van der Waals surface area contributed by atoms with E-state index in [2.05, 4.69) is 17.3 Å². The van der Waals surface area contributed by atoms with Crippen LogP contribution in [0.15, 0.2) is 18.2 Å². The lowest BCUT2D eigenvalue weighted by Crippen LogP contribution is -2.47. The molecular weight excluding hydrogens is 270 g/mol. The van der Waals surface area contributed by atoms with E-state index >= 15 is 0 Å². The molecule has 0 bridgehead atoms. The molecule has 1 N–H and O–H groups in total. The van der Waals surface area contributed by atoms with E-state index in [1.54, 1.807) is 25.1 Å². The lowest BCUT2D eigenvalue weighted by molar-refractivity contribution is -0.122. The Labute approximate surface area is 123 Å². The lowest BCUT2D eigenvalue weighted by atomic mass is 10.1. The molecule has 0 aromatic heterocycles. The van der Waals surface area contributed by atoms with Gasteiger partial charge in [0.25, 0.3) is 11.8 Å². The average molecular weight is 289 g/mol. The minimum atomic E-state index is -0.536. The first-order chi connectivity index (χ1) is 10.0. The van der Waals surface area contributed by atoms with Gasteiger partial charge in [0.2, 0.25) is 0 Å². The normalized spacial score (nSPS) is 22.3. The molecule has 112 valence electrons. The number of amides is 2. The number of benzene rings is 1. The van der Waals surface area contributed by atoms with E-state index in [-0.39, 0.29) is 11.8 Å². The quantitative estimate of drug-likeness (QED) is 0.830. The number of fused-ring (bicyclic) bond motifs is 1. The Kier molecular flexibility index (Phi) is 3.55. The Hall–Kier alpha value is -2.08. The van der Waals surface area contributed by atoms with Gasteiger partial charge in [-0.1, -0.05) is 0 Å². The largest absolute Gasteiger partial charge is 0.479 e. The van der Waals surface area contributed by atoms with Crippen molar-refractivity contribution >= 4 is 17.5 Å². The molecule has 2 aliphatic heterocycles. The number of likely N-dealkylation sites (N-methyl/N-ethyl adjacent to an activating group) is 1. The average Bonchev–Trinajstić information content (AvgIpc) is 2.48. The van der Waals surface area contributed by atoms with Gasteiger partial charge in [0.05, 0.1) is 5.69 Å². The standard InChI is InChI=1S/C15H19N3O3/c1-10-14(19)16-12-4-3-11(9-13(12)21-10)15(20)18-7-5-17(2)6-8-18/h3-4,9-10H,5-8H2,1-2H3,(H,16,19). The Morgan fingerprint density at radius 3 is 2.71 bits per heavy atom. The molecule has 0 aliphatic carbocycles. The number of piperazine rings is 1. The van der Waals surface area contributed by atoms with Crippen molar-refractivity contribution in [2.24, 2.45) is 0 Å². The van der Waals surface area contributed by atoms with Crippen LogP contribution in [0.25, 0.3) is 0 Å². The van der Waals surface area contributed by atoms with Crippen LogP contribution in [0.3, 0.4) is 0 Å². The van der Waals surface area contributed by atoms with E-state index in [1.807, 2.05) is 4.90 Å². The summed E-state index contributed by atoms with van der Waals surface area (Å²) in [7, 11) is 2.05. The topological polar surface area (TPSA) is 61.9 Å². The summed E-state index contributed by atoms with van der Waals surface area (Å²) in [5.74, 6) is 0.404. The van der Waals surface area contributed by atoms with Crippen LogP contribution in [0.4, 0.5) is 5.69 Å². The van der Waals surface area contributed by atoms with Gasteiger partial charge in [0.15, 0.2) is 6.10 Å². The van der Waals surface area contributed by atoms with Crippen molar-refractivity contribution in [1.82, 2.24) is 9.80 Å². The van der Waals surface area contributed by atoms with Gasteiger partial charge >= 0.3 is 0 Å². The first-order valence-electron chi connectivity index (χ1n) is 7.14. The van der Waals surface area contributed by atoms with Crippen molar-refractivity contribution in [2.75, 3.05) is 38.5 Å². The first-order valence-corrected chi connectivity index (χ1v) is 7.14. The van der Waals surface area contributed by atoms with Crippen LogP contribution < -0.4 is 10.1 Å². The highest BCUT2D eigenvalue weighted by atomic mass is 16.5. The molecule has 1 atom stereocenters. The van der Waals surface area contributed by atoms with Crippen LogP contribution in [0.5, 0.6) is 5.75 Å². The first kappa shape index (κ1) is 13.9. The number of hydrogen-bond acceptors (Lipinski definition) is 4. The number of rotatable bonds is 1. The highest BCUT2D eigenvalue weighted by molar-refractivity contribution is 6.00. The summed E-state index contributed by atoms with van der Waals surface area (Å²) in [6.45, 7) is 4.94. The Balaban J connectivity index is 1.79. The van der Waals surface area contributed by atoms with Crippen LogP contribution in [0, 0.1) is 0 Å². The molecule has 1 unspecified atom stereocenters. The monoisotopic (exact) mass is 289 g/mol. The summed E-state index contributed by atoms with van der Waals surface area (Å²) in [5, 5.41) is 2.77. The molecule has 1 fully saturated rings. The van der Waals surface area contributed by atoms with Crippen LogP contribution in [-0.4, -0.2) is 60.9 Å². The maximum atomic E-state index is 12.5. The molecule has 0 spiro atoms. The number of carbonyl (C=O) groups is 2. The van der Waals surface area contributed by atoms with Crippen LogP contribution in [0.1, 0.15) is 17.3 Å². The molecule has 2 amide bonds. The predicted octanol–water partition coefficient (Wildman–Crippen LogP) is 0.794. The Morgan fingerprint density at radius 2 is 2.00 bits per heavy atom. The van der Waals surface area contributed by atoms with Crippen molar-refractivity contribution in [1.29, 1.82) is 0 Å². The second-order valence-electron chi connectivity index (χ2n) is 5.56. The highest BCUT2D eigenvalue weighted by Crippen LogP contribution is 2.30. The molecule has 1 saturated heterocycles. The zero-order valence-corrected chi connectivity index (χ0v) is 12.3. The summed E-state index contributed by atoms with van der Waals surface area (Å²) in [4.78, 5) is 28.1. The third-order valence-electron chi connectivity index (χ3n) is 3.95. The number of ether oxygens (including phenoxy) is 1. The fourth-order valence-corrected chi connectivity index (χ4v) is 2.53. The number of nitrogens with one attached hydrogen (secondary N) is 1. The number of carbonyl (C=O) groups excluding carboxylic acids is 2. The van der Waals surface area contributed by atoms with Gasteiger partial charge in [-0.2, -0.15) is 0 Å². The van der Waals surface area contributed by atoms with E-state index < -0.39 is 6.10 Å². The zero-order chi connectivity index (χ0) is 15.0. The van der Waals surface area contributed by atoms with Gasteiger partial charge in [0, 0.05) is 31.7 Å². The summed E-state index contributed by atoms with van der Waals surface area (Å²) in [6.07, 6.45) is -0.536. The van der Waals surface area contributed by atoms with Gasteiger partial charge in [-0.25, -0.2) is 0 Å². The van der Waals surface area contributed by atoms with E-state index in [9.17, 15) is 9.59 Å². The molecule has 1 aromatic carbocycles. The molecule has 2 heterocycles. The van der Waals surface area contributed by atoms with E-state index in [0.29, 0.717) is 17.0 Å². The fraction of sp³-hybridized carbons (Fsp3) is 0.467. The third-order valence-corrected chi connectivity index (χ3v) is 3.95. The van der Waals surface area contributed by atoms with E-state index in [0.717, 1.165) is 26.2 Å². The number of nitrogens with zero attached hydrogens (tertiary/aromatic N) is 2. The fourth-order valence-electron chi connectivity index (χ4n) is 2.53. The molecule has 0 radical (unpaired) electrons. The Bertz CT molecular complexity index is 580. The number of anilines is 1. The van der Waals surface area contributed by atoms with Gasteiger partial charge < -0.3 is 19.9 Å². The maximum absolute atomic E-state index is 12.5. The van der Waals surface area contributed by atoms with Crippen molar-refractivity contribution in [3.63, 3.8) is 0 Å². The summed E-state index contributed by atoms with van der Waals surface area (Å²) >= 11 is 0. The minimum Gasteiger partial charge on any atom is -0.479 e. The van der Waals surface area contributed by atoms with Gasteiger partial charge in [0.1, 0.15) is 5.75 Å². The zero-order valence-electron chi connectivity index (χ0n) is 12.3. The maximum Gasteiger partial charge on any atom is 0.265 e. The highest BCUT2D eigenvalue weighted by Gasteiger charge is 2.26. The smallest absolute Gasteiger partial charge is 0.265 e. The SMILES string of the molecule is CC1Oc2cc(C(=O)N3CCN(C)CC3)ccc2NC1=O. The Morgan fingerprint density at radius 1 is 1.29 bits per heavy atom. The number of hydrogen-bond donors (Lipinski definition) is 1. The van der Waals surface area contributed by atoms with Crippen molar-refractivity contribution in [3.05, 3.63) is 23.8 Å². The molecule has 6 heteroatoms. The molecule has 0 saturated carbocycles. The van der Waals surface area contributed by atoms with Gasteiger partial charge in [-0.3, -0.25) is 9.59 Å². The molecule has 1 aromatic rings. The van der Waals surface area contributed by atoms with Gasteiger partial charge in [-0.15, -0.1) is 0 Å². The lowest BCUT2D eigenvalue weighted by Gasteiger charge is -2.32. The summed E-state index contributed by atoms with van der Waals surface area (Å²) in [6, 6.07) is 5.17. The molecule has 3 rings (SSSR count). The summed E-state index contributed by atoms with van der Waals surface area (Å²) in [5.41, 5.74) is 1.22. The van der Waals surface area contributed by atoms with Crippen LogP contribution >= 0.6 is 0 Å². The van der Waals surface area contributed by atoms with E-state index in [4.69, 9.17) is 4.74 Å². The second-order valence-corrected chi connectivity index (χ2v) is 5.56. The van der Waals surface area contributed by atoms with Crippen molar-refractivity contribution in [2.45, 2.75) is 13.0 Å². The molecule has 21 heavy (non-hydrogen) atoms. The molecule has 2 aliphatic rings. The van der Waals surface area contributed by atoms with Crippen LogP contribution in [0.2, 0.25) is 0 Å². The third kappa shape index (κ3) is 2.71. The minimum absolute atomic E-state index is 0.0130. The molecule has 6 nitrogen and oxygen atoms in total. The molecular formula is C15H19N3O3. The second kappa shape index (κ2) is 5.37. The van der Waals surface area contributed by atoms with Gasteiger partial charge in [-0.05, 0) is 32.2 Å². The van der Waals surface area contributed by atoms with Crippen molar-refractivity contribution < 1.29 is 14.3 Å². The predicted molar refractivity (Wildman–Crippen MR) is 78.6 cm³/mol. The van der Waals surface area contributed by atoms with Crippen molar-refractivity contribution in [3.8, 4) is 5.75 Å². The van der Waals surface area contributed by atoms with E-state index in [1.165, 1.54) is 0 Å². The van der Waals surface area contributed by atoms with Crippen LogP contribution in [-0.2, 0) is 4.79 Å². The summed E-state index contributed by atoms with van der Waals surface area (Å²) < 4.78 is 5.55.